The summed E-state index contributed by atoms with van der Waals surface area (Å²) >= 11 is 0. The lowest BCUT2D eigenvalue weighted by molar-refractivity contribution is 0.0940. The van der Waals surface area contributed by atoms with E-state index in [2.05, 4.69) is 15.0 Å². The molecule has 0 radical (unpaired) electrons. The second kappa shape index (κ2) is 10.2. The summed E-state index contributed by atoms with van der Waals surface area (Å²) in [7, 11) is -2.06. The first-order chi connectivity index (χ1) is 16.7. The minimum atomic E-state index is -3.85. The zero-order valence-electron chi connectivity index (χ0n) is 19.3. The summed E-state index contributed by atoms with van der Waals surface area (Å²) in [6, 6.07) is 18.7. The van der Waals surface area contributed by atoms with Crippen molar-refractivity contribution in [1.29, 1.82) is 0 Å². The Bertz CT molecular complexity index is 1440. The molecule has 1 atom stereocenters. The van der Waals surface area contributed by atoms with Gasteiger partial charge in [-0.25, -0.2) is 22.5 Å². The first kappa shape index (κ1) is 24.3. The van der Waals surface area contributed by atoms with Gasteiger partial charge in [-0.15, -0.1) is 0 Å². The van der Waals surface area contributed by atoms with E-state index in [9.17, 15) is 17.6 Å². The monoisotopic (exact) mass is 492 g/mol. The van der Waals surface area contributed by atoms with Crippen LogP contribution in [0.2, 0.25) is 0 Å². The van der Waals surface area contributed by atoms with Crippen molar-refractivity contribution in [2.45, 2.75) is 24.4 Å². The Balaban J connectivity index is 1.61. The Kier molecular flexibility index (Phi) is 7.09. The third kappa shape index (κ3) is 5.64. The van der Waals surface area contributed by atoms with Crippen molar-refractivity contribution in [3.8, 4) is 0 Å². The van der Waals surface area contributed by atoms with Gasteiger partial charge in [0.25, 0.3) is 5.91 Å². The highest BCUT2D eigenvalue weighted by molar-refractivity contribution is 7.89. The fourth-order valence-electron chi connectivity index (χ4n) is 3.69. The minimum Gasteiger partial charge on any atom is -0.338 e. The van der Waals surface area contributed by atoms with E-state index in [1.54, 1.807) is 49.1 Å². The molecule has 0 aliphatic heterocycles. The van der Waals surface area contributed by atoms with Crippen molar-refractivity contribution in [2.24, 2.45) is 7.05 Å². The second-order valence-corrected chi connectivity index (χ2v) is 9.91. The number of rotatable bonds is 8. The molecule has 4 rings (SSSR count). The highest BCUT2D eigenvalue weighted by Crippen LogP contribution is 2.23. The molecule has 35 heavy (non-hydrogen) atoms. The number of nitrogens with zero attached hydrogens (tertiary/aromatic N) is 2. The predicted molar refractivity (Wildman–Crippen MR) is 131 cm³/mol. The Hall–Kier alpha value is -3.82. The van der Waals surface area contributed by atoms with Crippen LogP contribution in [0.3, 0.4) is 0 Å². The summed E-state index contributed by atoms with van der Waals surface area (Å²) in [5.74, 6) is -0.314. The summed E-state index contributed by atoms with van der Waals surface area (Å²) < 4.78 is 43.7. The molecule has 1 heterocycles. The number of imidazole rings is 1. The van der Waals surface area contributed by atoms with Crippen molar-refractivity contribution in [2.75, 3.05) is 0 Å². The standard InChI is InChI=1S/C26H25FN4O3S/c1-18-8-13-22(35(33,34)29-17-19-6-4-3-5-7-19)16-23(18)26(32)30-24(25-28-14-15-31(25)2)20-9-11-21(27)12-10-20/h3-16,24,29H,17H2,1-2H3,(H,30,32). The first-order valence-electron chi connectivity index (χ1n) is 10.9. The van der Waals surface area contributed by atoms with Crippen LogP contribution in [0.15, 0.2) is 90.1 Å². The molecule has 180 valence electrons. The van der Waals surface area contributed by atoms with Crippen LogP contribution in [0, 0.1) is 12.7 Å². The maximum Gasteiger partial charge on any atom is 0.252 e. The van der Waals surface area contributed by atoms with Crippen LogP contribution in [-0.4, -0.2) is 23.9 Å². The molecule has 0 saturated carbocycles. The Morgan fingerprint density at radius 1 is 1.06 bits per heavy atom. The Labute approximate surface area is 203 Å². The van der Waals surface area contributed by atoms with Crippen LogP contribution in [0.5, 0.6) is 0 Å². The molecule has 0 spiro atoms. The van der Waals surface area contributed by atoms with Gasteiger partial charge in [0.15, 0.2) is 0 Å². The van der Waals surface area contributed by atoms with Crippen LogP contribution < -0.4 is 10.0 Å². The van der Waals surface area contributed by atoms with Gasteiger partial charge in [0.05, 0.1) is 4.90 Å². The zero-order chi connectivity index (χ0) is 25.0. The highest BCUT2D eigenvalue weighted by Gasteiger charge is 2.24. The van der Waals surface area contributed by atoms with Crippen LogP contribution >= 0.6 is 0 Å². The van der Waals surface area contributed by atoms with Crippen molar-refractivity contribution < 1.29 is 17.6 Å². The van der Waals surface area contributed by atoms with E-state index in [1.165, 1.54) is 24.3 Å². The lowest BCUT2D eigenvalue weighted by Gasteiger charge is -2.20. The van der Waals surface area contributed by atoms with E-state index in [0.29, 0.717) is 17.0 Å². The molecule has 7 nitrogen and oxygen atoms in total. The number of hydrogen-bond acceptors (Lipinski definition) is 4. The molecule has 9 heteroatoms. The maximum atomic E-state index is 13.5. The number of aromatic nitrogens is 2. The van der Waals surface area contributed by atoms with Gasteiger partial charge in [0, 0.05) is 31.5 Å². The third-order valence-corrected chi connectivity index (χ3v) is 7.07. The fraction of sp³-hybridized carbons (Fsp3) is 0.154. The number of carbonyl (C=O) groups excluding carboxylic acids is 1. The van der Waals surface area contributed by atoms with Crippen molar-refractivity contribution in [3.05, 3.63) is 119 Å². The van der Waals surface area contributed by atoms with E-state index < -0.39 is 27.8 Å². The predicted octanol–water partition coefficient (Wildman–Crippen LogP) is 3.87. The average molecular weight is 493 g/mol. The zero-order valence-corrected chi connectivity index (χ0v) is 20.1. The molecule has 0 fully saturated rings. The summed E-state index contributed by atoms with van der Waals surface area (Å²) in [6.45, 7) is 1.86. The van der Waals surface area contributed by atoms with Crippen LogP contribution in [0.1, 0.15) is 38.9 Å². The SMILES string of the molecule is Cc1ccc(S(=O)(=O)NCc2ccccc2)cc1C(=O)NC(c1ccc(F)cc1)c1nccn1C. The summed E-state index contributed by atoms with van der Waals surface area (Å²) in [6.07, 6.45) is 3.35. The van der Waals surface area contributed by atoms with Gasteiger partial charge >= 0.3 is 0 Å². The van der Waals surface area contributed by atoms with Gasteiger partial charge in [-0.1, -0.05) is 48.5 Å². The van der Waals surface area contributed by atoms with Crippen molar-refractivity contribution in [3.63, 3.8) is 0 Å². The van der Waals surface area contributed by atoms with E-state index in [0.717, 1.165) is 5.56 Å². The number of nitrogens with one attached hydrogen (secondary N) is 2. The van der Waals surface area contributed by atoms with E-state index in [4.69, 9.17) is 0 Å². The van der Waals surface area contributed by atoms with Crippen molar-refractivity contribution in [1.82, 2.24) is 19.6 Å². The third-order valence-electron chi connectivity index (χ3n) is 5.67. The molecule has 1 unspecified atom stereocenters. The van der Waals surface area contributed by atoms with Crippen LogP contribution in [0.25, 0.3) is 0 Å². The van der Waals surface area contributed by atoms with E-state index in [1.807, 2.05) is 30.3 Å². The quantitative estimate of drug-likeness (QED) is 0.391. The smallest absolute Gasteiger partial charge is 0.252 e. The normalized spacial score (nSPS) is 12.3. The number of aryl methyl sites for hydroxylation is 2. The maximum absolute atomic E-state index is 13.5. The first-order valence-corrected chi connectivity index (χ1v) is 12.4. The van der Waals surface area contributed by atoms with Gasteiger partial charge in [-0.2, -0.15) is 0 Å². The number of halogens is 1. The van der Waals surface area contributed by atoms with Gasteiger partial charge in [0.2, 0.25) is 10.0 Å². The number of sulfonamides is 1. The van der Waals surface area contributed by atoms with Crippen LogP contribution in [-0.2, 0) is 23.6 Å². The molecule has 4 aromatic rings. The van der Waals surface area contributed by atoms with Crippen molar-refractivity contribution >= 4 is 15.9 Å². The number of hydrogen-bond donors (Lipinski definition) is 2. The molecule has 2 N–H and O–H groups in total. The van der Waals surface area contributed by atoms with Crippen LogP contribution in [0.4, 0.5) is 4.39 Å². The summed E-state index contributed by atoms with van der Waals surface area (Å²) in [5, 5.41) is 2.93. The Morgan fingerprint density at radius 3 is 2.43 bits per heavy atom. The minimum absolute atomic E-state index is 0.0143. The van der Waals surface area contributed by atoms with Gasteiger partial charge in [-0.05, 0) is 47.9 Å². The van der Waals surface area contributed by atoms with E-state index in [-0.39, 0.29) is 17.0 Å². The molecule has 0 aliphatic carbocycles. The number of carbonyl (C=O) groups is 1. The molecule has 0 aliphatic rings. The number of amides is 1. The molecular formula is C26H25FN4O3S. The van der Waals surface area contributed by atoms with Gasteiger partial charge in [-0.3, -0.25) is 4.79 Å². The molecule has 1 aromatic heterocycles. The highest BCUT2D eigenvalue weighted by atomic mass is 32.2. The molecular weight excluding hydrogens is 467 g/mol. The summed E-state index contributed by atoms with van der Waals surface area (Å²) in [5.41, 5.74) is 2.29. The summed E-state index contributed by atoms with van der Waals surface area (Å²) in [4.78, 5) is 17.7. The fourth-order valence-corrected chi connectivity index (χ4v) is 4.73. The van der Waals surface area contributed by atoms with Gasteiger partial charge < -0.3 is 9.88 Å². The van der Waals surface area contributed by atoms with E-state index >= 15 is 0 Å². The Morgan fingerprint density at radius 2 is 1.77 bits per heavy atom. The second-order valence-electron chi connectivity index (χ2n) is 8.14. The molecule has 0 saturated heterocycles. The van der Waals surface area contributed by atoms with Gasteiger partial charge in [0.1, 0.15) is 17.7 Å². The number of benzene rings is 3. The largest absolute Gasteiger partial charge is 0.338 e. The molecule has 1 amide bonds. The lowest BCUT2D eigenvalue weighted by atomic mass is 10.0. The molecule has 0 bridgehead atoms. The average Bonchev–Trinajstić information content (AvgIpc) is 3.28. The topological polar surface area (TPSA) is 93.1 Å². The lowest BCUT2D eigenvalue weighted by Crippen LogP contribution is -2.32. The molecule has 3 aromatic carbocycles.